The van der Waals surface area contributed by atoms with Crippen LogP contribution >= 0.6 is 11.3 Å². The van der Waals surface area contributed by atoms with Crippen molar-refractivity contribution in [3.05, 3.63) is 41.4 Å². The molecule has 1 aliphatic heterocycles. The van der Waals surface area contributed by atoms with Crippen LogP contribution < -0.4 is 15.0 Å². The van der Waals surface area contributed by atoms with E-state index in [0.717, 1.165) is 42.4 Å². The Hall–Kier alpha value is -2.08. The Kier molecular flexibility index (Phi) is 5.12. The van der Waals surface area contributed by atoms with Crippen molar-refractivity contribution < 1.29 is 9.53 Å². The first-order chi connectivity index (χ1) is 11.2. The van der Waals surface area contributed by atoms with E-state index in [-0.39, 0.29) is 18.6 Å². The van der Waals surface area contributed by atoms with Gasteiger partial charge in [-0.15, -0.1) is 11.3 Å². The van der Waals surface area contributed by atoms with Gasteiger partial charge in [-0.3, -0.25) is 4.79 Å². The van der Waals surface area contributed by atoms with Crippen molar-refractivity contribution in [3.63, 3.8) is 0 Å². The molecule has 0 radical (unpaired) electrons. The third-order valence-corrected chi connectivity index (χ3v) is 4.74. The van der Waals surface area contributed by atoms with Gasteiger partial charge in [-0.2, -0.15) is 0 Å². The number of thiazole rings is 1. The normalized spacial score (nSPS) is 15.4. The summed E-state index contributed by atoms with van der Waals surface area (Å²) in [6.45, 7) is 3.92. The molecule has 1 aromatic carbocycles. The van der Waals surface area contributed by atoms with Crippen LogP contribution in [0.4, 0.5) is 5.13 Å². The zero-order valence-electron chi connectivity index (χ0n) is 13.2. The molecule has 1 N–H and O–H groups in total. The summed E-state index contributed by atoms with van der Waals surface area (Å²) in [6.07, 6.45) is 3.71. The summed E-state index contributed by atoms with van der Waals surface area (Å²) in [5.41, 5.74) is 1.12. The van der Waals surface area contributed by atoms with Crippen LogP contribution in [0.15, 0.2) is 35.8 Å². The molecule has 0 atom stereocenters. The number of piperidine rings is 1. The molecule has 0 bridgehead atoms. The van der Waals surface area contributed by atoms with Crippen LogP contribution in [0.3, 0.4) is 0 Å². The molecule has 0 unspecified atom stereocenters. The van der Waals surface area contributed by atoms with Crippen molar-refractivity contribution in [2.75, 3.05) is 24.6 Å². The van der Waals surface area contributed by atoms with Crippen molar-refractivity contribution in [1.29, 1.82) is 0 Å². The standard InChI is InChI=1S/C17H21N3O2S/c1-13-3-2-4-15(11-13)22-12-16(21)19-14-5-8-20(9-6-14)17-18-7-10-23-17/h2-4,7,10-11,14H,5-6,8-9,12H2,1H3,(H,19,21). The molecule has 0 saturated carbocycles. The lowest BCUT2D eigenvalue weighted by atomic mass is 10.1. The molecule has 1 aliphatic rings. The van der Waals surface area contributed by atoms with Crippen molar-refractivity contribution >= 4 is 22.4 Å². The Morgan fingerprint density at radius 1 is 1.43 bits per heavy atom. The number of rotatable bonds is 5. The highest BCUT2D eigenvalue weighted by molar-refractivity contribution is 7.13. The minimum atomic E-state index is -0.0563. The van der Waals surface area contributed by atoms with Gasteiger partial charge < -0.3 is 15.0 Å². The Bertz CT molecular complexity index is 637. The average molecular weight is 331 g/mol. The van der Waals surface area contributed by atoms with Gasteiger partial charge in [0, 0.05) is 30.7 Å². The van der Waals surface area contributed by atoms with Crippen LogP contribution in [0, 0.1) is 6.92 Å². The molecule has 2 aromatic rings. The zero-order valence-corrected chi connectivity index (χ0v) is 14.0. The van der Waals surface area contributed by atoms with Crippen LogP contribution in [-0.2, 0) is 4.79 Å². The third-order valence-electron chi connectivity index (χ3n) is 3.91. The fraction of sp³-hybridized carbons (Fsp3) is 0.412. The Labute approximate surface area is 140 Å². The van der Waals surface area contributed by atoms with E-state index in [1.807, 2.05) is 42.8 Å². The van der Waals surface area contributed by atoms with Crippen LogP contribution in [0.5, 0.6) is 5.75 Å². The maximum Gasteiger partial charge on any atom is 0.258 e. The van der Waals surface area contributed by atoms with Crippen LogP contribution in [0.2, 0.25) is 0 Å². The number of aryl methyl sites for hydroxylation is 1. The first-order valence-corrected chi connectivity index (χ1v) is 8.72. The third kappa shape index (κ3) is 4.45. The highest BCUT2D eigenvalue weighted by Gasteiger charge is 2.22. The fourth-order valence-corrected chi connectivity index (χ4v) is 3.41. The number of carbonyl (C=O) groups excluding carboxylic acids is 1. The number of anilines is 1. The molecule has 1 aromatic heterocycles. The smallest absolute Gasteiger partial charge is 0.258 e. The number of nitrogens with zero attached hydrogens (tertiary/aromatic N) is 2. The molecule has 1 saturated heterocycles. The highest BCUT2D eigenvalue weighted by Crippen LogP contribution is 2.22. The van der Waals surface area contributed by atoms with E-state index >= 15 is 0 Å². The summed E-state index contributed by atoms with van der Waals surface area (Å²) >= 11 is 1.66. The van der Waals surface area contributed by atoms with Gasteiger partial charge >= 0.3 is 0 Å². The van der Waals surface area contributed by atoms with Crippen LogP contribution in [0.25, 0.3) is 0 Å². The Morgan fingerprint density at radius 3 is 2.96 bits per heavy atom. The van der Waals surface area contributed by atoms with Crippen LogP contribution in [-0.4, -0.2) is 36.6 Å². The Balaban J connectivity index is 1.41. The topological polar surface area (TPSA) is 54.5 Å². The minimum absolute atomic E-state index is 0.0563. The van der Waals surface area contributed by atoms with Crippen molar-refractivity contribution in [3.8, 4) is 5.75 Å². The number of hydrogen-bond acceptors (Lipinski definition) is 5. The summed E-state index contributed by atoms with van der Waals surface area (Å²) in [4.78, 5) is 18.6. The van der Waals surface area contributed by atoms with Gasteiger partial charge in [-0.05, 0) is 37.5 Å². The van der Waals surface area contributed by atoms with Gasteiger partial charge in [0.15, 0.2) is 11.7 Å². The molecule has 5 nitrogen and oxygen atoms in total. The summed E-state index contributed by atoms with van der Waals surface area (Å²) in [6, 6.07) is 7.95. The zero-order chi connectivity index (χ0) is 16.1. The summed E-state index contributed by atoms with van der Waals surface area (Å²) < 4.78 is 5.54. The maximum atomic E-state index is 12.0. The number of hydrogen-bond donors (Lipinski definition) is 1. The Morgan fingerprint density at radius 2 is 2.26 bits per heavy atom. The van der Waals surface area contributed by atoms with Gasteiger partial charge in [-0.25, -0.2) is 4.98 Å². The lowest BCUT2D eigenvalue weighted by molar-refractivity contribution is -0.123. The molecule has 1 amide bonds. The predicted molar refractivity (Wildman–Crippen MR) is 92.2 cm³/mol. The molecular weight excluding hydrogens is 310 g/mol. The number of amides is 1. The quantitative estimate of drug-likeness (QED) is 0.915. The summed E-state index contributed by atoms with van der Waals surface area (Å²) in [5.74, 6) is 0.679. The lowest BCUT2D eigenvalue weighted by Gasteiger charge is -2.32. The van der Waals surface area contributed by atoms with E-state index in [4.69, 9.17) is 4.74 Å². The van der Waals surface area contributed by atoms with Gasteiger partial charge in [-0.1, -0.05) is 12.1 Å². The van der Waals surface area contributed by atoms with Gasteiger partial charge in [0.2, 0.25) is 0 Å². The number of ether oxygens (including phenoxy) is 1. The van der Waals surface area contributed by atoms with Crippen LogP contribution in [0.1, 0.15) is 18.4 Å². The van der Waals surface area contributed by atoms with E-state index in [2.05, 4.69) is 15.2 Å². The van der Waals surface area contributed by atoms with E-state index in [1.54, 1.807) is 11.3 Å². The largest absolute Gasteiger partial charge is 0.484 e. The fourth-order valence-electron chi connectivity index (χ4n) is 2.71. The lowest BCUT2D eigenvalue weighted by Crippen LogP contribution is -2.46. The SMILES string of the molecule is Cc1cccc(OCC(=O)NC2CCN(c3nccs3)CC2)c1. The molecular formula is C17H21N3O2S. The molecule has 0 aliphatic carbocycles. The second-order valence-electron chi connectivity index (χ2n) is 5.75. The van der Waals surface area contributed by atoms with Crippen molar-refractivity contribution in [2.24, 2.45) is 0 Å². The molecule has 0 spiro atoms. The first-order valence-electron chi connectivity index (χ1n) is 7.84. The highest BCUT2D eigenvalue weighted by atomic mass is 32.1. The molecule has 3 rings (SSSR count). The monoisotopic (exact) mass is 331 g/mol. The van der Waals surface area contributed by atoms with Gasteiger partial charge in [0.1, 0.15) is 5.75 Å². The molecule has 122 valence electrons. The van der Waals surface area contributed by atoms with E-state index in [0.29, 0.717) is 0 Å². The number of benzene rings is 1. The van der Waals surface area contributed by atoms with Crippen molar-refractivity contribution in [1.82, 2.24) is 10.3 Å². The minimum Gasteiger partial charge on any atom is -0.484 e. The van der Waals surface area contributed by atoms with E-state index in [9.17, 15) is 4.79 Å². The van der Waals surface area contributed by atoms with Crippen molar-refractivity contribution in [2.45, 2.75) is 25.8 Å². The van der Waals surface area contributed by atoms with Gasteiger partial charge in [0.05, 0.1) is 0 Å². The van der Waals surface area contributed by atoms with E-state index < -0.39 is 0 Å². The second kappa shape index (κ2) is 7.46. The summed E-state index contributed by atoms with van der Waals surface area (Å²) in [7, 11) is 0. The molecule has 6 heteroatoms. The van der Waals surface area contributed by atoms with E-state index in [1.165, 1.54) is 0 Å². The summed E-state index contributed by atoms with van der Waals surface area (Å²) in [5, 5.41) is 6.12. The maximum absolute atomic E-state index is 12.0. The first kappa shape index (κ1) is 15.8. The molecule has 1 fully saturated rings. The number of aromatic nitrogens is 1. The molecule has 2 heterocycles. The number of nitrogens with one attached hydrogen (secondary N) is 1. The predicted octanol–water partition coefficient (Wildman–Crippen LogP) is 2.62. The average Bonchev–Trinajstić information content (AvgIpc) is 3.08. The van der Waals surface area contributed by atoms with Gasteiger partial charge in [0.25, 0.3) is 5.91 Å². The molecule has 23 heavy (non-hydrogen) atoms. The second-order valence-corrected chi connectivity index (χ2v) is 6.62. The number of carbonyl (C=O) groups is 1.